The fraction of sp³-hybridized carbons (Fsp3) is 0.255. The lowest BCUT2D eigenvalue weighted by atomic mass is 9.35. The summed E-state index contributed by atoms with van der Waals surface area (Å²) in [6, 6.07) is 47.7. The van der Waals surface area contributed by atoms with Crippen molar-refractivity contribution in [1.82, 2.24) is 0 Å². The number of benzene rings is 6. The van der Waals surface area contributed by atoms with E-state index in [4.69, 9.17) is 4.42 Å². The summed E-state index contributed by atoms with van der Waals surface area (Å²) in [5.74, 6) is 0. The average Bonchev–Trinajstić information content (AvgIpc) is 3.55. The van der Waals surface area contributed by atoms with E-state index in [9.17, 15) is 0 Å². The van der Waals surface area contributed by atoms with Gasteiger partial charge in [0.05, 0.1) is 11.3 Å². The fourth-order valence-corrected chi connectivity index (χ4v) is 9.72. The van der Waals surface area contributed by atoms with Crippen LogP contribution in [0.1, 0.15) is 83.6 Å². The number of rotatable bonds is 3. The molecule has 0 fully saturated rings. The van der Waals surface area contributed by atoms with Crippen LogP contribution in [0.4, 0.5) is 34.1 Å². The van der Waals surface area contributed by atoms with E-state index in [0.29, 0.717) is 0 Å². The molecule has 3 aliphatic rings. The van der Waals surface area contributed by atoms with E-state index in [1.807, 2.05) is 0 Å². The van der Waals surface area contributed by atoms with E-state index in [1.165, 1.54) is 61.4 Å². The first-order valence-corrected chi connectivity index (χ1v) is 20.0. The van der Waals surface area contributed by atoms with Gasteiger partial charge in [-0.2, -0.15) is 0 Å². The molecule has 55 heavy (non-hydrogen) atoms. The molecular weight excluding hydrogens is 667 g/mol. The quantitative estimate of drug-likeness (QED) is 0.170. The minimum absolute atomic E-state index is 0.0588. The van der Waals surface area contributed by atoms with Gasteiger partial charge in [-0.05, 0) is 135 Å². The minimum atomic E-state index is -0.0703. The minimum Gasteiger partial charge on any atom is -0.468 e. The van der Waals surface area contributed by atoms with Crippen LogP contribution in [0, 0.1) is 6.92 Å². The van der Waals surface area contributed by atoms with E-state index in [1.54, 1.807) is 0 Å². The second kappa shape index (κ2) is 11.8. The van der Waals surface area contributed by atoms with Gasteiger partial charge in [-0.25, -0.2) is 0 Å². The molecule has 1 aliphatic carbocycles. The summed E-state index contributed by atoms with van der Waals surface area (Å²) in [6.45, 7) is 18.8. The highest BCUT2D eigenvalue weighted by Crippen LogP contribution is 2.51. The smallest absolute Gasteiger partial charge is 0.297 e. The number of aryl methyl sites for hydroxylation is 1. The van der Waals surface area contributed by atoms with Crippen molar-refractivity contribution >= 4 is 68.4 Å². The standard InChI is InChI=1S/C51H49BN2O/c1-32-28-43-46-44(29-32)54(37-24-20-35(21-25-37)49(2,3)4)47-38-16-12-13-17-45(38)55-48(47)52(46)41-30-39-40(51(7,8)27-26-50(39,5)6)31-42(41)53(43)36-22-18-34(19-23-36)33-14-10-9-11-15-33/h9-25,28-31H,26-27H2,1-8H3. The van der Waals surface area contributed by atoms with Crippen molar-refractivity contribution < 1.29 is 4.42 Å². The van der Waals surface area contributed by atoms with Crippen LogP contribution in [-0.4, -0.2) is 6.71 Å². The maximum atomic E-state index is 7.14. The Morgan fingerprint density at radius 3 is 1.84 bits per heavy atom. The lowest BCUT2D eigenvalue weighted by Crippen LogP contribution is -2.61. The lowest BCUT2D eigenvalue weighted by molar-refractivity contribution is 0.332. The molecule has 10 rings (SSSR count). The number of hydrogen-bond donors (Lipinski definition) is 0. The summed E-state index contributed by atoms with van der Waals surface area (Å²) in [6.07, 6.45) is 2.33. The highest BCUT2D eigenvalue weighted by molar-refractivity contribution is 7.00. The van der Waals surface area contributed by atoms with Crippen LogP contribution in [-0.2, 0) is 16.2 Å². The maximum Gasteiger partial charge on any atom is 0.297 e. The van der Waals surface area contributed by atoms with E-state index in [2.05, 4.69) is 193 Å². The van der Waals surface area contributed by atoms with Crippen molar-refractivity contribution in [3.05, 3.63) is 150 Å². The fourth-order valence-electron chi connectivity index (χ4n) is 9.72. The Morgan fingerprint density at radius 1 is 0.600 bits per heavy atom. The number of fused-ring (bicyclic) bond motifs is 7. The molecule has 0 saturated carbocycles. The molecule has 7 aromatic rings. The summed E-state index contributed by atoms with van der Waals surface area (Å²) >= 11 is 0. The van der Waals surface area contributed by atoms with Crippen LogP contribution in [0.5, 0.6) is 0 Å². The summed E-state index contributed by atoms with van der Waals surface area (Å²) in [5.41, 5.74) is 19.8. The van der Waals surface area contributed by atoms with Crippen molar-refractivity contribution in [3.63, 3.8) is 0 Å². The van der Waals surface area contributed by atoms with E-state index in [0.717, 1.165) is 46.5 Å². The molecule has 272 valence electrons. The molecule has 0 amide bonds. The first-order valence-electron chi connectivity index (χ1n) is 20.0. The number of anilines is 6. The Bertz CT molecular complexity index is 2640. The van der Waals surface area contributed by atoms with E-state index < -0.39 is 0 Å². The number of nitrogens with zero attached hydrogens (tertiary/aromatic N) is 2. The van der Waals surface area contributed by atoms with Crippen LogP contribution in [0.15, 0.2) is 132 Å². The Morgan fingerprint density at radius 2 is 1.16 bits per heavy atom. The van der Waals surface area contributed by atoms with Crippen LogP contribution in [0.25, 0.3) is 22.1 Å². The van der Waals surface area contributed by atoms with Gasteiger partial charge in [-0.1, -0.05) is 121 Å². The zero-order chi connectivity index (χ0) is 38.0. The van der Waals surface area contributed by atoms with Crippen molar-refractivity contribution in [2.24, 2.45) is 0 Å². The van der Waals surface area contributed by atoms with Crippen LogP contribution >= 0.6 is 0 Å². The summed E-state index contributed by atoms with van der Waals surface area (Å²) in [4.78, 5) is 5.04. The summed E-state index contributed by atoms with van der Waals surface area (Å²) in [7, 11) is 0. The van der Waals surface area contributed by atoms with Crippen LogP contribution in [0.2, 0.25) is 0 Å². The molecule has 0 unspecified atom stereocenters. The van der Waals surface area contributed by atoms with Crippen molar-refractivity contribution in [2.75, 3.05) is 9.80 Å². The number of para-hydroxylation sites is 1. The van der Waals surface area contributed by atoms with Gasteiger partial charge >= 0.3 is 0 Å². The molecule has 0 bridgehead atoms. The molecule has 4 heteroatoms. The normalized spacial score (nSPS) is 16.4. The topological polar surface area (TPSA) is 19.6 Å². The van der Waals surface area contributed by atoms with E-state index >= 15 is 0 Å². The third-order valence-corrected chi connectivity index (χ3v) is 12.9. The third kappa shape index (κ3) is 5.17. The SMILES string of the molecule is Cc1cc2c3c(c1)N(c1ccc(C(C)(C)C)cc1)c1c(oc4ccccc14)B3c1cc3c(cc1N2c1ccc(-c2ccccc2)cc1)C(C)(C)CCC3(C)C. The van der Waals surface area contributed by atoms with Gasteiger partial charge in [0.25, 0.3) is 6.71 Å². The van der Waals surface area contributed by atoms with Gasteiger partial charge in [0.15, 0.2) is 0 Å². The molecular formula is C51H49BN2O. The molecule has 3 nitrogen and oxygen atoms in total. The second-order valence-corrected chi connectivity index (χ2v) is 18.6. The van der Waals surface area contributed by atoms with Gasteiger partial charge in [0.2, 0.25) is 0 Å². The molecule has 0 saturated heterocycles. The second-order valence-electron chi connectivity index (χ2n) is 18.6. The van der Waals surface area contributed by atoms with Crippen LogP contribution < -0.4 is 26.4 Å². The highest BCUT2D eigenvalue weighted by atomic mass is 16.3. The first kappa shape index (κ1) is 34.0. The first-order chi connectivity index (χ1) is 26.3. The van der Waals surface area contributed by atoms with Gasteiger partial charge in [0.1, 0.15) is 5.58 Å². The molecule has 0 radical (unpaired) electrons. The zero-order valence-corrected chi connectivity index (χ0v) is 33.4. The molecule has 3 heterocycles. The summed E-state index contributed by atoms with van der Waals surface area (Å²) < 4.78 is 7.14. The molecule has 1 aromatic heterocycles. The van der Waals surface area contributed by atoms with E-state index in [-0.39, 0.29) is 23.0 Å². The highest BCUT2D eigenvalue weighted by Gasteiger charge is 2.48. The van der Waals surface area contributed by atoms with Gasteiger partial charge in [0, 0.05) is 33.8 Å². The van der Waals surface area contributed by atoms with Crippen molar-refractivity contribution in [2.45, 2.75) is 84.5 Å². The lowest BCUT2D eigenvalue weighted by Gasteiger charge is -2.46. The molecule has 0 atom stereocenters. The van der Waals surface area contributed by atoms with Gasteiger partial charge in [-0.15, -0.1) is 0 Å². The molecule has 0 spiro atoms. The van der Waals surface area contributed by atoms with Crippen molar-refractivity contribution in [3.8, 4) is 11.1 Å². The third-order valence-electron chi connectivity index (χ3n) is 12.9. The summed E-state index contributed by atoms with van der Waals surface area (Å²) in [5, 5.41) is 1.14. The predicted octanol–water partition coefficient (Wildman–Crippen LogP) is 12.1. The average molecular weight is 717 g/mol. The number of hydrogen-bond acceptors (Lipinski definition) is 3. The Labute approximate surface area is 326 Å². The Balaban J connectivity index is 1.29. The Kier molecular flexibility index (Phi) is 7.28. The monoisotopic (exact) mass is 716 g/mol. The van der Waals surface area contributed by atoms with Crippen LogP contribution in [0.3, 0.4) is 0 Å². The molecule has 0 N–H and O–H groups in total. The van der Waals surface area contributed by atoms with Gasteiger partial charge in [-0.3, -0.25) is 0 Å². The molecule has 2 aliphatic heterocycles. The predicted molar refractivity (Wildman–Crippen MR) is 234 cm³/mol. The maximum absolute atomic E-state index is 7.14. The van der Waals surface area contributed by atoms with Crippen molar-refractivity contribution in [1.29, 1.82) is 0 Å². The van der Waals surface area contributed by atoms with Gasteiger partial charge < -0.3 is 14.2 Å². The molecule has 6 aromatic carbocycles. The number of furan rings is 1. The zero-order valence-electron chi connectivity index (χ0n) is 33.4. The Hall–Kier alpha value is -5.48. The largest absolute Gasteiger partial charge is 0.468 e.